The lowest BCUT2D eigenvalue weighted by atomic mass is 10.0. The van der Waals surface area contributed by atoms with E-state index in [1.807, 2.05) is 0 Å². The van der Waals surface area contributed by atoms with Gasteiger partial charge in [0.1, 0.15) is 6.10 Å². The van der Waals surface area contributed by atoms with Crippen molar-refractivity contribution in [3.8, 4) is 0 Å². The molecule has 0 aliphatic carbocycles. The number of esters is 1. The normalized spacial score (nSPS) is 13.7. The first-order valence-corrected chi connectivity index (χ1v) is 26.0. The lowest BCUT2D eigenvalue weighted by molar-refractivity contribution is -0.151. The summed E-state index contributed by atoms with van der Waals surface area (Å²) in [7, 11) is 0. The predicted octanol–water partition coefficient (Wildman–Crippen LogP) is 15.6. The number of nitrogens with one attached hydrogen (secondary N) is 1. The van der Waals surface area contributed by atoms with Gasteiger partial charge in [-0.2, -0.15) is 0 Å². The molecule has 0 rings (SSSR count). The van der Waals surface area contributed by atoms with Gasteiger partial charge in [0.15, 0.2) is 0 Å². The molecule has 0 aliphatic heterocycles. The van der Waals surface area contributed by atoms with Crippen LogP contribution in [0.3, 0.4) is 0 Å². The molecule has 1 amide bonds. The van der Waals surface area contributed by atoms with Crippen molar-refractivity contribution >= 4 is 11.9 Å². The van der Waals surface area contributed by atoms with Crippen LogP contribution in [0, 0.1) is 0 Å². The van der Waals surface area contributed by atoms with Crippen molar-refractivity contribution < 1.29 is 24.5 Å². The molecule has 3 unspecified atom stereocenters. The van der Waals surface area contributed by atoms with E-state index in [0.717, 1.165) is 70.6 Å². The van der Waals surface area contributed by atoms with Gasteiger partial charge in [-0.05, 0) is 89.9 Å². The van der Waals surface area contributed by atoms with E-state index in [9.17, 15) is 19.8 Å². The van der Waals surface area contributed by atoms with Crippen LogP contribution in [-0.2, 0) is 14.3 Å². The number of aliphatic hydroxyl groups excluding tert-OH is 2. The first kappa shape index (κ1) is 58.6. The Morgan fingerprint density at radius 3 is 1.36 bits per heavy atom. The third-order valence-corrected chi connectivity index (χ3v) is 11.6. The van der Waals surface area contributed by atoms with E-state index in [1.54, 1.807) is 0 Å². The van der Waals surface area contributed by atoms with Crippen LogP contribution in [-0.4, -0.2) is 46.9 Å². The van der Waals surface area contributed by atoms with Crippen LogP contribution in [0.5, 0.6) is 0 Å². The van der Waals surface area contributed by atoms with E-state index in [4.69, 9.17) is 4.74 Å². The second-order valence-electron chi connectivity index (χ2n) is 17.6. The Morgan fingerprint density at radius 1 is 0.475 bits per heavy atom. The van der Waals surface area contributed by atoms with Crippen LogP contribution in [0.4, 0.5) is 0 Å². The maximum atomic E-state index is 13.2. The number of hydrogen-bond donors (Lipinski definition) is 3. The minimum Gasteiger partial charge on any atom is -0.462 e. The molecule has 61 heavy (non-hydrogen) atoms. The summed E-state index contributed by atoms with van der Waals surface area (Å²) in [5.74, 6) is -0.532. The number of hydrogen-bond acceptors (Lipinski definition) is 5. The van der Waals surface area contributed by atoms with E-state index in [2.05, 4.69) is 86.8 Å². The minimum absolute atomic E-state index is 0.0376. The average molecular weight is 854 g/mol. The molecule has 0 aliphatic rings. The van der Waals surface area contributed by atoms with Gasteiger partial charge < -0.3 is 20.3 Å². The summed E-state index contributed by atoms with van der Waals surface area (Å²) in [6.45, 7) is 6.41. The number of ether oxygens (including phenoxy) is 1. The first-order chi connectivity index (χ1) is 30.0. The molecule has 3 N–H and O–H groups in total. The Hall–Kier alpha value is -2.44. The topological polar surface area (TPSA) is 95.9 Å². The summed E-state index contributed by atoms with van der Waals surface area (Å²) in [6.07, 6.45) is 59.9. The summed E-state index contributed by atoms with van der Waals surface area (Å²) in [4.78, 5) is 26.1. The molecule has 0 aromatic rings. The largest absolute Gasteiger partial charge is 0.462 e. The molecule has 0 saturated heterocycles. The maximum Gasteiger partial charge on any atom is 0.306 e. The predicted molar refractivity (Wildman–Crippen MR) is 264 cm³/mol. The molecule has 0 heterocycles. The number of aliphatic hydroxyl groups is 2. The summed E-state index contributed by atoms with van der Waals surface area (Å²) in [5, 5.41) is 23.7. The molecular weight excluding hydrogens is 755 g/mol. The van der Waals surface area contributed by atoms with Gasteiger partial charge in [0.2, 0.25) is 5.91 Å². The maximum absolute atomic E-state index is 13.2. The van der Waals surface area contributed by atoms with Crippen LogP contribution in [0.25, 0.3) is 0 Å². The molecule has 6 nitrogen and oxygen atoms in total. The summed E-state index contributed by atoms with van der Waals surface area (Å²) in [5.41, 5.74) is 0. The number of allylic oxidation sites excluding steroid dienone is 10. The zero-order valence-corrected chi connectivity index (χ0v) is 40.3. The lowest BCUT2D eigenvalue weighted by Gasteiger charge is -2.24. The molecule has 0 aromatic heterocycles. The highest BCUT2D eigenvalue weighted by Gasteiger charge is 2.24. The zero-order chi connectivity index (χ0) is 44.5. The molecule has 0 aromatic carbocycles. The van der Waals surface area contributed by atoms with Gasteiger partial charge in [0, 0.05) is 6.42 Å². The van der Waals surface area contributed by atoms with Crippen molar-refractivity contribution in [2.24, 2.45) is 0 Å². The van der Waals surface area contributed by atoms with E-state index in [0.29, 0.717) is 19.3 Å². The van der Waals surface area contributed by atoms with E-state index in [1.165, 1.54) is 135 Å². The van der Waals surface area contributed by atoms with Crippen molar-refractivity contribution in [3.05, 3.63) is 60.8 Å². The van der Waals surface area contributed by atoms with E-state index in [-0.39, 0.29) is 24.9 Å². The highest BCUT2D eigenvalue weighted by molar-refractivity contribution is 5.77. The molecule has 0 fully saturated rings. The van der Waals surface area contributed by atoms with Gasteiger partial charge in [-0.25, -0.2) is 0 Å². The third-order valence-electron chi connectivity index (χ3n) is 11.6. The van der Waals surface area contributed by atoms with Gasteiger partial charge in [0.25, 0.3) is 0 Å². The summed E-state index contributed by atoms with van der Waals surface area (Å²) >= 11 is 0. The van der Waals surface area contributed by atoms with Gasteiger partial charge in [-0.3, -0.25) is 9.59 Å². The highest BCUT2D eigenvalue weighted by atomic mass is 16.5. The number of carbonyl (C=O) groups is 2. The Labute approximate surface area is 378 Å². The fourth-order valence-corrected chi connectivity index (χ4v) is 7.59. The Bertz CT molecular complexity index is 1090. The highest BCUT2D eigenvalue weighted by Crippen LogP contribution is 2.17. The molecule has 0 radical (unpaired) electrons. The van der Waals surface area contributed by atoms with E-state index < -0.39 is 18.2 Å². The van der Waals surface area contributed by atoms with Crippen molar-refractivity contribution in [1.82, 2.24) is 5.32 Å². The SMILES string of the molecule is CCCCC/C=C\C/C=C\C/C=C\C/C=C\CCCC(CC(=O)NC(CO)C(O)CCCCCCCCCCCC)OC(=O)CCCCCCCCC/C=C\CCCCCC. The van der Waals surface area contributed by atoms with Crippen LogP contribution in [0.15, 0.2) is 60.8 Å². The molecule has 0 bridgehead atoms. The smallest absolute Gasteiger partial charge is 0.306 e. The number of amides is 1. The van der Waals surface area contributed by atoms with Gasteiger partial charge in [-0.1, -0.05) is 210 Å². The van der Waals surface area contributed by atoms with Gasteiger partial charge in [0.05, 0.1) is 25.2 Å². The summed E-state index contributed by atoms with van der Waals surface area (Å²) in [6, 6.07) is -0.720. The molecular formula is C55H99NO5. The van der Waals surface area contributed by atoms with Crippen LogP contribution in [0.1, 0.15) is 252 Å². The standard InChI is InChI=1S/C55H99NO5/c1-4-7-10-13-16-19-22-24-26-27-29-30-32-34-37-40-43-46-51(61-55(60)48-45-42-39-36-33-31-28-25-23-20-17-14-11-8-5-2)49-54(59)56-52(50-57)53(58)47-44-41-38-35-21-18-15-12-9-6-3/h16,19-20,23-24,26,29-30,34,37,51-53,57-58H,4-15,17-18,21-22,25,27-28,31-33,35-36,38-50H2,1-3H3,(H,56,59)/b19-16-,23-20-,26-24-,30-29-,37-34-. The van der Waals surface area contributed by atoms with Gasteiger partial charge >= 0.3 is 5.97 Å². The summed E-state index contributed by atoms with van der Waals surface area (Å²) < 4.78 is 5.91. The van der Waals surface area contributed by atoms with Gasteiger partial charge in [-0.15, -0.1) is 0 Å². The Kier molecular flexibility index (Phi) is 46.6. The minimum atomic E-state index is -0.802. The van der Waals surface area contributed by atoms with Crippen molar-refractivity contribution in [1.29, 1.82) is 0 Å². The molecule has 0 spiro atoms. The first-order valence-electron chi connectivity index (χ1n) is 26.0. The molecule has 6 heteroatoms. The second-order valence-corrected chi connectivity index (χ2v) is 17.6. The van der Waals surface area contributed by atoms with E-state index >= 15 is 0 Å². The quantitative estimate of drug-likeness (QED) is 0.0322. The van der Waals surface area contributed by atoms with Crippen LogP contribution < -0.4 is 5.32 Å². The fraction of sp³-hybridized carbons (Fsp3) is 0.782. The lowest BCUT2D eigenvalue weighted by Crippen LogP contribution is -2.46. The second kappa shape index (κ2) is 48.6. The zero-order valence-electron chi connectivity index (χ0n) is 40.3. The average Bonchev–Trinajstić information content (AvgIpc) is 3.25. The fourth-order valence-electron chi connectivity index (χ4n) is 7.59. The van der Waals surface area contributed by atoms with Crippen molar-refractivity contribution in [2.45, 2.75) is 270 Å². The Morgan fingerprint density at radius 2 is 0.852 bits per heavy atom. The Balaban J connectivity index is 4.70. The number of carbonyl (C=O) groups excluding carboxylic acids is 2. The molecule has 0 saturated carbocycles. The third kappa shape index (κ3) is 44.0. The van der Waals surface area contributed by atoms with Crippen LogP contribution in [0.2, 0.25) is 0 Å². The molecule has 3 atom stereocenters. The number of rotatable bonds is 46. The number of unbranched alkanes of at least 4 members (excludes halogenated alkanes) is 24. The van der Waals surface area contributed by atoms with Crippen molar-refractivity contribution in [2.75, 3.05) is 6.61 Å². The van der Waals surface area contributed by atoms with Crippen LogP contribution >= 0.6 is 0 Å². The molecule has 354 valence electrons. The monoisotopic (exact) mass is 854 g/mol. The van der Waals surface area contributed by atoms with Crippen molar-refractivity contribution in [3.63, 3.8) is 0 Å².